The smallest absolute Gasteiger partial charge is 0.106 e. The summed E-state index contributed by atoms with van der Waals surface area (Å²) >= 11 is 0. The molecule has 2 N–H and O–H groups in total. The van der Waals surface area contributed by atoms with Crippen LogP contribution in [0.1, 0.15) is 17.9 Å². The first-order chi connectivity index (χ1) is 6.88. The van der Waals surface area contributed by atoms with Gasteiger partial charge >= 0.3 is 0 Å². The number of hydrogen-bond acceptors (Lipinski definition) is 3. The quantitative estimate of drug-likeness (QED) is 0.744. The van der Waals surface area contributed by atoms with E-state index >= 15 is 0 Å². The van der Waals surface area contributed by atoms with Crippen LogP contribution < -0.4 is 5.32 Å². The average molecular weight is 195 g/mol. The Morgan fingerprint density at radius 1 is 1.71 bits per heavy atom. The first-order valence-electron chi connectivity index (χ1n) is 5.13. The number of ether oxygens (including phenoxy) is 1. The summed E-state index contributed by atoms with van der Waals surface area (Å²) in [5.41, 5.74) is 1.15. The van der Waals surface area contributed by atoms with Gasteiger partial charge in [-0.2, -0.15) is 0 Å². The highest BCUT2D eigenvalue weighted by Crippen LogP contribution is 2.16. The van der Waals surface area contributed by atoms with E-state index in [0.717, 1.165) is 37.7 Å². The molecule has 1 saturated heterocycles. The van der Waals surface area contributed by atoms with E-state index in [4.69, 9.17) is 4.74 Å². The number of rotatable bonds is 4. The van der Waals surface area contributed by atoms with E-state index in [2.05, 4.69) is 15.3 Å². The van der Waals surface area contributed by atoms with Gasteiger partial charge in [0.1, 0.15) is 5.82 Å². The summed E-state index contributed by atoms with van der Waals surface area (Å²) in [4.78, 5) is 7.66. The second-order valence-electron chi connectivity index (χ2n) is 3.82. The van der Waals surface area contributed by atoms with Crippen LogP contribution in [-0.4, -0.2) is 30.2 Å². The average Bonchev–Trinajstić information content (AvgIpc) is 2.79. The maximum Gasteiger partial charge on any atom is 0.106 e. The molecule has 78 valence electrons. The van der Waals surface area contributed by atoms with Gasteiger partial charge in [-0.25, -0.2) is 4.98 Å². The van der Waals surface area contributed by atoms with Gasteiger partial charge in [0, 0.05) is 38.1 Å². The minimum Gasteiger partial charge on any atom is -0.381 e. The molecule has 1 atom stereocenters. The molecule has 0 radical (unpaired) electrons. The summed E-state index contributed by atoms with van der Waals surface area (Å²) in [6, 6.07) is 0. The van der Waals surface area contributed by atoms with Gasteiger partial charge in [-0.05, 0) is 19.4 Å². The number of imidazole rings is 1. The molecule has 0 aromatic carbocycles. The number of H-pyrrole nitrogens is 1. The molecular formula is C10H17N3O. The molecular weight excluding hydrogens is 178 g/mol. The van der Waals surface area contributed by atoms with E-state index in [1.807, 2.05) is 13.2 Å². The van der Waals surface area contributed by atoms with Crippen molar-refractivity contribution in [3.05, 3.63) is 17.7 Å². The van der Waals surface area contributed by atoms with E-state index in [9.17, 15) is 0 Å². The number of aromatic nitrogens is 2. The third-order valence-corrected chi connectivity index (χ3v) is 2.55. The molecule has 2 rings (SSSR count). The van der Waals surface area contributed by atoms with Crippen molar-refractivity contribution >= 4 is 0 Å². The molecule has 1 aromatic rings. The number of hydrogen-bond donors (Lipinski definition) is 2. The van der Waals surface area contributed by atoms with Crippen LogP contribution in [0.15, 0.2) is 6.20 Å². The van der Waals surface area contributed by atoms with Gasteiger partial charge in [0.05, 0.1) is 0 Å². The first-order valence-corrected chi connectivity index (χ1v) is 5.13. The Kier molecular flexibility index (Phi) is 3.16. The highest BCUT2D eigenvalue weighted by Gasteiger charge is 2.17. The Bertz CT molecular complexity index is 279. The number of nitrogens with one attached hydrogen (secondary N) is 2. The Hall–Kier alpha value is -0.870. The van der Waals surface area contributed by atoms with E-state index in [1.165, 1.54) is 6.42 Å². The zero-order valence-corrected chi connectivity index (χ0v) is 8.55. The molecule has 1 fully saturated rings. The lowest BCUT2D eigenvalue weighted by molar-refractivity contribution is 0.185. The molecule has 0 aliphatic carbocycles. The van der Waals surface area contributed by atoms with Gasteiger partial charge < -0.3 is 15.0 Å². The summed E-state index contributed by atoms with van der Waals surface area (Å²) in [6.45, 7) is 2.66. The van der Waals surface area contributed by atoms with E-state index in [0.29, 0.717) is 5.92 Å². The summed E-state index contributed by atoms with van der Waals surface area (Å²) in [7, 11) is 1.94. The molecule has 2 heterocycles. The lowest BCUT2D eigenvalue weighted by Gasteiger charge is -2.03. The van der Waals surface area contributed by atoms with Crippen molar-refractivity contribution in [2.75, 3.05) is 20.3 Å². The van der Waals surface area contributed by atoms with Crippen LogP contribution in [0.3, 0.4) is 0 Å². The fourth-order valence-corrected chi connectivity index (χ4v) is 1.81. The second kappa shape index (κ2) is 4.57. The Balaban J connectivity index is 1.88. The lowest BCUT2D eigenvalue weighted by atomic mass is 10.1. The third kappa shape index (κ3) is 2.33. The molecule has 0 bridgehead atoms. The van der Waals surface area contributed by atoms with Crippen molar-refractivity contribution in [3.63, 3.8) is 0 Å². The Labute approximate surface area is 84.1 Å². The normalized spacial score (nSPS) is 21.6. The van der Waals surface area contributed by atoms with Gasteiger partial charge in [-0.3, -0.25) is 0 Å². The van der Waals surface area contributed by atoms with Gasteiger partial charge in [0.15, 0.2) is 0 Å². The van der Waals surface area contributed by atoms with Gasteiger partial charge in [0.25, 0.3) is 0 Å². The van der Waals surface area contributed by atoms with Crippen LogP contribution in [0.5, 0.6) is 0 Å². The SMILES string of the molecule is CNCc1cnc(CC2CCOC2)[nH]1. The van der Waals surface area contributed by atoms with E-state index < -0.39 is 0 Å². The fraction of sp³-hybridized carbons (Fsp3) is 0.700. The van der Waals surface area contributed by atoms with Crippen molar-refractivity contribution in [2.24, 2.45) is 5.92 Å². The van der Waals surface area contributed by atoms with Crippen molar-refractivity contribution in [1.82, 2.24) is 15.3 Å². The van der Waals surface area contributed by atoms with Crippen LogP contribution in [-0.2, 0) is 17.7 Å². The predicted octanol–water partition coefficient (Wildman–Crippen LogP) is 0.708. The summed E-state index contributed by atoms with van der Waals surface area (Å²) < 4.78 is 5.33. The zero-order valence-electron chi connectivity index (χ0n) is 8.55. The summed E-state index contributed by atoms with van der Waals surface area (Å²) in [5.74, 6) is 1.74. The van der Waals surface area contributed by atoms with Gasteiger partial charge in [-0.1, -0.05) is 0 Å². The topological polar surface area (TPSA) is 49.9 Å². The van der Waals surface area contributed by atoms with Gasteiger partial charge in [0.2, 0.25) is 0 Å². The van der Waals surface area contributed by atoms with Crippen LogP contribution in [0.2, 0.25) is 0 Å². The molecule has 1 aliphatic rings. The summed E-state index contributed by atoms with van der Waals surface area (Å²) in [5, 5.41) is 3.10. The van der Waals surface area contributed by atoms with Crippen molar-refractivity contribution in [2.45, 2.75) is 19.4 Å². The minimum absolute atomic E-state index is 0.656. The maximum atomic E-state index is 5.33. The van der Waals surface area contributed by atoms with Gasteiger partial charge in [-0.15, -0.1) is 0 Å². The number of nitrogens with zero attached hydrogens (tertiary/aromatic N) is 1. The predicted molar refractivity (Wildman–Crippen MR) is 54.0 cm³/mol. The highest BCUT2D eigenvalue weighted by molar-refractivity contribution is 5.01. The molecule has 1 unspecified atom stereocenters. The first kappa shape index (κ1) is 9.68. The van der Waals surface area contributed by atoms with Crippen molar-refractivity contribution < 1.29 is 4.74 Å². The van der Waals surface area contributed by atoms with Crippen LogP contribution in [0.4, 0.5) is 0 Å². The lowest BCUT2D eigenvalue weighted by Crippen LogP contribution is -2.07. The Morgan fingerprint density at radius 2 is 2.64 bits per heavy atom. The second-order valence-corrected chi connectivity index (χ2v) is 3.82. The fourth-order valence-electron chi connectivity index (χ4n) is 1.81. The van der Waals surface area contributed by atoms with Crippen LogP contribution in [0, 0.1) is 5.92 Å². The standard InChI is InChI=1S/C10H17N3O/c1-11-5-9-6-12-10(13-9)4-8-2-3-14-7-8/h6,8,11H,2-5,7H2,1H3,(H,12,13). The summed E-state index contributed by atoms with van der Waals surface area (Å²) in [6.07, 6.45) is 4.09. The highest BCUT2D eigenvalue weighted by atomic mass is 16.5. The number of aromatic amines is 1. The molecule has 4 heteroatoms. The van der Waals surface area contributed by atoms with Crippen molar-refractivity contribution in [1.29, 1.82) is 0 Å². The molecule has 0 amide bonds. The molecule has 0 spiro atoms. The van der Waals surface area contributed by atoms with E-state index in [-0.39, 0.29) is 0 Å². The van der Waals surface area contributed by atoms with E-state index in [1.54, 1.807) is 0 Å². The molecule has 1 aliphatic heterocycles. The zero-order chi connectivity index (χ0) is 9.80. The molecule has 14 heavy (non-hydrogen) atoms. The minimum atomic E-state index is 0.656. The third-order valence-electron chi connectivity index (χ3n) is 2.55. The van der Waals surface area contributed by atoms with Crippen LogP contribution >= 0.6 is 0 Å². The largest absolute Gasteiger partial charge is 0.381 e. The van der Waals surface area contributed by atoms with Crippen LogP contribution in [0.25, 0.3) is 0 Å². The molecule has 4 nitrogen and oxygen atoms in total. The van der Waals surface area contributed by atoms with Crippen molar-refractivity contribution in [3.8, 4) is 0 Å². The maximum absolute atomic E-state index is 5.33. The monoisotopic (exact) mass is 195 g/mol. The molecule has 1 aromatic heterocycles. The Morgan fingerprint density at radius 3 is 3.36 bits per heavy atom. The molecule has 0 saturated carbocycles.